The number of nitrogens with one attached hydrogen (secondary N) is 1. The largest absolute Gasteiger partial charge is 0.497 e. The topological polar surface area (TPSA) is 67.8 Å². The molecule has 5 heteroatoms. The van der Waals surface area contributed by atoms with Crippen molar-refractivity contribution in [3.63, 3.8) is 0 Å². The fourth-order valence-electron chi connectivity index (χ4n) is 2.80. The minimum absolute atomic E-state index is 0.168. The van der Waals surface area contributed by atoms with Crippen molar-refractivity contribution in [2.45, 2.75) is 38.3 Å². The molecule has 1 fully saturated rings. The minimum atomic E-state index is -0.662. The fourth-order valence-corrected chi connectivity index (χ4v) is 2.80. The lowest BCUT2D eigenvalue weighted by Gasteiger charge is -2.27. The maximum Gasteiger partial charge on any atom is 0.306 e. The SMILES string of the molecule is COc1ccc(CNC2CCC(C(=O)O)CC2)c(OC)c1. The predicted molar refractivity (Wildman–Crippen MR) is 79.8 cm³/mol. The van der Waals surface area contributed by atoms with E-state index in [-0.39, 0.29) is 5.92 Å². The van der Waals surface area contributed by atoms with Gasteiger partial charge >= 0.3 is 5.97 Å². The third-order valence-corrected chi connectivity index (χ3v) is 4.15. The molecule has 0 unspecified atom stereocenters. The fraction of sp³-hybridized carbons (Fsp3) is 0.562. The summed E-state index contributed by atoms with van der Waals surface area (Å²) in [6.07, 6.45) is 3.34. The van der Waals surface area contributed by atoms with Crippen molar-refractivity contribution in [1.82, 2.24) is 5.32 Å². The molecule has 1 saturated carbocycles. The number of carboxylic acid groups (broad SMARTS) is 1. The Kier molecular flexibility index (Phi) is 5.44. The first kappa shape index (κ1) is 15.6. The number of benzene rings is 1. The minimum Gasteiger partial charge on any atom is -0.497 e. The molecule has 21 heavy (non-hydrogen) atoms. The van der Waals surface area contributed by atoms with E-state index in [4.69, 9.17) is 14.6 Å². The zero-order valence-electron chi connectivity index (χ0n) is 12.6. The maximum absolute atomic E-state index is 10.9. The van der Waals surface area contributed by atoms with Gasteiger partial charge in [0.05, 0.1) is 20.1 Å². The lowest BCUT2D eigenvalue weighted by atomic mass is 9.86. The summed E-state index contributed by atoms with van der Waals surface area (Å²) < 4.78 is 10.6. The molecule has 1 aromatic rings. The zero-order valence-corrected chi connectivity index (χ0v) is 12.6. The van der Waals surface area contributed by atoms with Crippen molar-refractivity contribution in [3.05, 3.63) is 23.8 Å². The van der Waals surface area contributed by atoms with Gasteiger partial charge in [-0.2, -0.15) is 0 Å². The highest BCUT2D eigenvalue weighted by Crippen LogP contribution is 2.27. The molecule has 116 valence electrons. The van der Waals surface area contributed by atoms with Gasteiger partial charge in [-0.25, -0.2) is 0 Å². The highest BCUT2D eigenvalue weighted by Gasteiger charge is 2.25. The van der Waals surface area contributed by atoms with Crippen LogP contribution in [0.2, 0.25) is 0 Å². The second-order valence-electron chi connectivity index (χ2n) is 5.45. The van der Waals surface area contributed by atoms with Crippen LogP contribution in [0.4, 0.5) is 0 Å². The van der Waals surface area contributed by atoms with Crippen LogP contribution in [0, 0.1) is 5.92 Å². The molecule has 1 aliphatic carbocycles. The van der Waals surface area contributed by atoms with Crippen LogP contribution in [-0.2, 0) is 11.3 Å². The van der Waals surface area contributed by atoms with Crippen LogP contribution in [0.5, 0.6) is 11.5 Å². The van der Waals surface area contributed by atoms with Gasteiger partial charge < -0.3 is 19.9 Å². The van der Waals surface area contributed by atoms with Crippen LogP contribution < -0.4 is 14.8 Å². The van der Waals surface area contributed by atoms with Crippen molar-refractivity contribution in [2.24, 2.45) is 5.92 Å². The van der Waals surface area contributed by atoms with E-state index in [2.05, 4.69) is 5.32 Å². The molecule has 0 heterocycles. The van der Waals surface area contributed by atoms with Gasteiger partial charge in [0.15, 0.2) is 0 Å². The quantitative estimate of drug-likeness (QED) is 0.843. The Balaban J connectivity index is 1.87. The third kappa shape index (κ3) is 4.11. The molecule has 0 radical (unpaired) electrons. The van der Waals surface area contributed by atoms with Crippen molar-refractivity contribution in [2.75, 3.05) is 14.2 Å². The van der Waals surface area contributed by atoms with Crippen molar-refractivity contribution < 1.29 is 19.4 Å². The average Bonchev–Trinajstić information content (AvgIpc) is 2.53. The summed E-state index contributed by atoms with van der Waals surface area (Å²) >= 11 is 0. The van der Waals surface area contributed by atoms with E-state index < -0.39 is 5.97 Å². The molecule has 0 atom stereocenters. The van der Waals surface area contributed by atoms with Crippen LogP contribution in [0.3, 0.4) is 0 Å². The Bertz CT molecular complexity index is 481. The van der Waals surface area contributed by atoms with Gasteiger partial charge in [-0.15, -0.1) is 0 Å². The number of rotatable bonds is 6. The van der Waals surface area contributed by atoms with Gasteiger partial charge in [-0.3, -0.25) is 4.79 Å². The zero-order chi connectivity index (χ0) is 15.2. The van der Waals surface area contributed by atoms with Crippen LogP contribution in [0.15, 0.2) is 18.2 Å². The Morgan fingerprint density at radius 3 is 2.52 bits per heavy atom. The average molecular weight is 293 g/mol. The second-order valence-corrected chi connectivity index (χ2v) is 5.45. The Hall–Kier alpha value is -1.75. The summed E-state index contributed by atoms with van der Waals surface area (Å²) in [5, 5.41) is 12.5. The van der Waals surface area contributed by atoms with Crippen LogP contribution in [0.1, 0.15) is 31.2 Å². The third-order valence-electron chi connectivity index (χ3n) is 4.15. The van der Waals surface area contributed by atoms with Gasteiger partial charge in [0, 0.05) is 24.2 Å². The second kappa shape index (κ2) is 7.31. The molecule has 0 bridgehead atoms. The molecule has 0 spiro atoms. The first-order chi connectivity index (χ1) is 10.1. The van der Waals surface area contributed by atoms with Crippen LogP contribution in [0.25, 0.3) is 0 Å². The van der Waals surface area contributed by atoms with E-state index in [0.29, 0.717) is 6.04 Å². The van der Waals surface area contributed by atoms with E-state index in [1.807, 2.05) is 18.2 Å². The Morgan fingerprint density at radius 2 is 1.95 bits per heavy atom. The molecule has 2 N–H and O–H groups in total. The smallest absolute Gasteiger partial charge is 0.306 e. The van der Waals surface area contributed by atoms with E-state index in [0.717, 1.165) is 49.3 Å². The van der Waals surface area contributed by atoms with Gasteiger partial charge in [-0.1, -0.05) is 6.07 Å². The molecule has 0 saturated heterocycles. The highest BCUT2D eigenvalue weighted by atomic mass is 16.5. The Morgan fingerprint density at radius 1 is 1.24 bits per heavy atom. The predicted octanol–water partition coefficient (Wildman–Crippen LogP) is 2.44. The molecule has 0 amide bonds. The van der Waals surface area contributed by atoms with Crippen molar-refractivity contribution in [1.29, 1.82) is 0 Å². The molecule has 2 rings (SSSR count). The van der Waals surface area contributed by atoms with Gasteiger partial charge in [-0.05, 0) is 31.7 Å². The number of carboxylic acids is 1. The maximum atomic E-state index is 10.9. The van der Waals surface area contributed by atoms with Crippen molar-refractivity contribution in [3.8, 4) is 11.5 Å². The standard InChI is InChI=1S/C16H23NO4/c1-20-14-8-5-12(15(9-14)21-2)10-17-13-6-3-11(4-7-13)16(18)19/h5,8-9,11,13,17H,3-4,6-7,10H2,1-2H3,(H,18,19). The lowest BCUT2D eigenvalue weighted by Crippen LogP contribution is -2.34. The molecule has 0 aromatic heterocycles. The Labute approximate surface area is 125 Å². The molecule has 1 aliphatic rings. The molecular weight excluding hydrogens is 270 g/mol. The first-order valence-corrected chi connectivity index (χ1v) is 7.31. The van der Waals surface area contributed by atoms with Gasteiger partial charge in [0.25, 0.3) is 0 Å². The summed E-state index contributed by atoms with van der Waals surface area (Å²) in [4.78, 5) is 10.9. The van der Waals surface area contributed by atoms with Crippen LogP contribution >= 0.6 is 0 Å². The summed E-state index contributed by atoms with van der Waals surface area (Å²) in [6, 6.07) is 6.17. The van der Waals surface area contributed by atoms with Gasteiger partial charge in [0.1, 0.15) is 11.5 Å². The number of ether oxygens (including phenoxy) is 2. The van der Waals surface area contributed by atoms with Crippen molar-refractivity contribution >= 4 is 5.97 Å². The summed E-state index contributed by atoms with van der Waals surface area (Å²) in [5.74, 6) is 0.752. The number of methoxy groups -OCH3 is 2. The first-order valence-electron chi connectivity index (χ1n) is 7.31. The molecule has 1 aromatic carbocycles. The number of hydrogen-bond acceptors (Lipinski definition) is 4. The highest BCUT2D eigenvalue weighted by molar-refractivity contribution is 5.70. The summed E-state index contributed by atoms with van der Waals surface area (Å²) in [7, 11) is 3.28. The van der Waals surface area contributed by atoms with E-state index in [1.165, 1.54) is 0 Å². The number of carbonyl (C=O) groups is 1. The number of hydrogen-bond donors (Lipinski definition) is 2. The van der Waals surface area contributed by atoms with E-state index in [1.54, 1.807) is 14.2 Å². The van der Waals surface area contributed by atoms with Gasteiger partial charge in [0.2, 0.25) is 0 Å². The molecule has 0 aliphatic heterocycles. The monoisotopic (exact) mass is 293 g/mol. The normalized spacial score (nSPS) is 21.8. The van der Waals surface area contributed by atoms with E-state index >= 15 is 0 Å². The summed E-state index contributed by atoms with van der Waals surface area (Å²) in [5.41, 5.74) is 1.08. The summed E-state index contributed by atoms with van der Waals surface area (Å²) in [6.45, 7) is 0.718. The number of aliphatic carboxylic acids is 1. The van der Waals surface area contributed by atoms with E-state index in [9.17, 15) is 4.79 Å². The lowest BCUT2D eigenvalue weighted by molar-refractivity contribution is -0.142. The molecule has 5 nitrogen and oxygen atoms in total. The van der Waals surface area contributed by atoms with Crippen LogP contribution in [-0.4, -0.2) is 31.3 Å². The molecular formula is C16H23NO4.